The Bertz CT molecular complexity index is 861. The molecule has 0 spiro atoms. The molecule has 0 bridgehead atoms. The van der Waals surface area contributed by atoms with Gasteiger partial charge in [-0.15, -0.1) is 0 Å². The van der Waals surface area contributed by atoms with Gasteiger partial charge in [0, 0.05) is 5.09 Å². The molecule has 0 saturated heterocycles. The molecule has 1 unspecified atom stereocenters. The summed E-state index contributed by atoms with van der Waals surface area (Å²) in [5.74, 6) is -1.44. The number of hydrogen-bond donors (Lipinski definition) is 0. The molecule has 0 aromatic heterocycles. The first kappa shape index (κ1) is 20.5. The van der Waals surface area contributed by atoms with Crippen LogP contribution in [0.4, 0.5) is 13.3 Å². The highest BCUT2D eigenvalue weighted by molar-refractivity contribution is 7.82. The molecule has 0 heterocycles. The quantitative estimate of drug-likeness (QED) is 0.224. The van der Waals surface area contributed by atoms with Crippen molar-refractivity contribution in [2.24, 2.45) is 0 Å². The molecule has 27 heavy (non-hydrogen) atoms. The number of allylic oxidation sites excluding steroid dienone is 1. The zero-order chi connectivity index (χ0) is 19.8. The third-order valence-electron chi connectivity index (χ3n) is 3.33. The Morgan fingerprint density at radius 2 is 1.41 bits per heavy atom. The summed E-state index contributed by atoms with van der Waals surface area (Å²) in [5.41, 5.74) is -1.27. The summed E-state index contributed by atoms with van der Waals surface area (Å²) < 4.78 is 50.2. The average molecular weight is 399 g/mol. The minimum atomic E-state index is -2.81. The van der Waals surface area contributed by atoms with E-state index in [1.807, 2.05) is 0 Å². The van der Waals surface area contributed by atoms with Gasteiger partial charge in [-0.25, -0.2) is 8.60 Å². The van der Waals surface area contributed by atoms with E-state index < -0.39 is 40.1 Å². The molecule has 1 atom stereocenters. The molecule has 142 valence electrons. The van der Waals surface area contributed by atoms with Gasteiger partial charge in [-0.3, -0.25) is 9.59 Å². The van der Waals surface area contributed by atoms with Gasteiger partial charge < -0.3 is 0 Å². The minimum absolute atomic E-state index is 0.0179. The van der Waals surface area contributed by atoms with Gasteiger partial charge in [0.15, 0.2) is 17.0 Å². The van der Waals surface area contributed by atoms with Crippen LogP contribution in [0.5, 0.6) is 0 Å². The second-order valence-electron chi connectivity index (χ2n) is 4.89. The van der Waals surface area contributed by atoms with Gasteiger partial charge in [0.2, 0.25) is 0 Å². The smallest absolute Gasteiger partial charge is 0.266 e. The molecule has 2 rings (SSSR count). The average Bonchev–Trinajstić information content (AvgIpc) is 2.70. The highest BCUT2D eigenvalue weighted by atomic mass is 32.2. The summed E-state index contributed by atoms with van der Waals surface area (Å²) in [6.07, 6.45) is 0. The fourth-order valence-corrected chi connectivity index (χ4v) is 2.72. The maximum atomic E-state index is 13.9. The van der Waals surface area contributed by atoms with E-state index in [0.29, 0.717) is 0 Å². The number of carbonyl (C=O) groups excluding carboxylic acids is 2. The van der Waals surface area contributed by atoms with Gasteiger partial charge in [-0.2, -0.15) is 4.39 Å². The number of hydroxylamine groups is 1. The van der Waals surface area contributed by atoms with Crippen LogP contribution in [-0.4, -0.2) is 26.6 Å². The van der Waals surface area contributed by atoms with E-state index in [0.717, 1.165) is 0 Å². The van der Waals surface area contributed by atoms with E-state index in [9.17, 15) is 27.1 Å². The van der Waals surface area contributed by atoms with Crippen molar-refractivity contribution in [2.45, 2.75) is 0 Å². The Kier molecular flexibility index (Phi) is 7.41. The summed E-state index contributed by atoms with van der Waals surface area (Å²) in [6.45, 7) is 0. The normalized spacial score (nSPS) is 12.9. The third kappa shape index (κ3) is 4.88. The summed E-state index contributed by atoms with van der Waals surface area (Å²) in [5, 5.41) is 2.82. The number of hydrogen-bond acceptors (Lipinski definition) is 5. The first-order valence-electron chi connectivity index (χ1n) is 7.30. The number of amides is 1. The van der Waals surface area contributed by atoms with Crippen LogP contribution in [0.3, 0.4) is 0 Å². The number of nitrogens with zero attached hydrogens (tertiary/aromatic N) is 1. The molecular formula is C17H12F3NO5S. The topological polar surface area (TPSA) is 72.9 Å². The number of halogens is 3. The highest BCUT2D eigenvalue weighted by Crippen LogP contribution is 2.30. The van der Waals surface area contributed by atoms with Crippen LogP contribution in [0.1, 0.15) is 11.1 Å². The predicted molar refractivity (Wildman–Crippen MR) is 90.1 cm³/mol. The summed E-state index contributed by atoms with van der Waals surface area (Å²) in [6, 6.07) is 10.9. The number of alkyl halides is 1. The van der Waals surface area contributed by atoms with Crippen LogP contribution in [0, 0.1) is 0 Å². The van der Waals surface area contributed by atoms with Crippen molar-refractivity contribution in [3.05, 3.63) is 71.8 Å². The first-order chi connectivity index (χ1) is 13.0. The molecule has 2 aromatic rings. The Morgan fingerprint density at radius 1 is 0.926 bits per heavy atom. The van der Waals surface area contributed by atoms with Crippen LogP contribution >= 0.6 is 0 Å². The van der Waals surface area contributed by atoms with Gasteiger partial charge >= 0.3 is 6.04 Å². The molecule has 10 heteroatoms. The number of benzene rings is 2. The zero-order valence-corrected chi connectivity index (χ0v) is 14.3. The fourth-order valence-electron chi connectivity index (χ4n) is 2.26. The van der Waals surface area contributed by atoms with Crippen molar-refractivity contribution in [3.63, 3.8) is 0 Å². The molecule has 0 saturated carbocycles. The van der Waals surface area contributed by atoms with E-state index in [2.05, 4.69) is 10.1 Å². The van der Waals surface area contributed by atoms with Crippen molar-refractivity contribution < 1.29 is 37.2 Å². The second-order valence-corrected chi connectivity index (χ2v) is 6.08. The van der Waals surface area contributed by atoms with Gasteiger partial charge in [-0.1, -0.05) is 70.1 Å². The van der Waals surface area contributed by atoms with E-state index in [4.69, 9.17) is 0 Å². The Hall–Kier alpha value is -2.82. The fraction of sp³-hybridized carbons (Fsp3) is 0.0588. The molecule has 0 fully saturated rings. The SMILES string of the molecule is O=C(F)C(=C(C(=O)N(OOF)S(=O)CF)c1ccccc1)c1ccccc1. The van der Waals surface area contributed by atoms with Crippen molar-refractivity contribution in [2.75, 3.05) is 6.01 Å². The first-order valence-corrected chi connectivity index (χ1v) is 8.58. The molecule has 0 aliphatic carbocycles. The lowest BCUT2D eigenvalue weighted by Crippen LogP contribution is -2.34. The lowest BCUT2D eigenvalue weighted by molar-refractivity contribution is -0.486. The molecule has 0 N–H and O–H groups in total. The number of carbonyl (C=O) groups is 2. The van der Waals surface area contributed by atoms with Crippen molar-refractivity contribution >= 4 is 34.1 Å². The minimum Gasteiger partial charge on any atom is -0.266 e. The molecule has 0 aliphatic heterocycles. The van der Waals surface area contributed by atoms with Gasteiger partial charge in [-0.05, 0) is 15.7 Å². The maximum absolute atomic E-state index is 13.9. The predicted octanol–water partition coefficient (Wildman–Crippen LogP) is 3.26. The van der Waals surface area contributed by atoms with E-state index in [-0.39, 0.29) is 15.6 Å². The van der Waals surface area contributed by atoms with Gasteiger partial charge in [0.05, 0.1) is 11.1 Å². The largest absolute Gasteiger partial charge is 0.333 e. The van der Waals surface area contributed by atoms with Crippen LogP contribution in [-0.2, 0) is 30.7 Å². The maximum Gasteiger partial charge on any atom is 0.333 e. The summed E-state index contributed by atoms with van der Waals surface area (Å²) >= 11 is 0. The monoisotopic (exact) mass is 399 g/mol. The van der Waals surface area contributed by atoms with Crippen LogP contribution < -0.4 is 0 Å². The number of rotatable bonds is 8. The third-order valence-corrected chi connectivity index (χ3v) is 4.11. The molecule has 6 nitrogen and oxygen atoms in total. The van der Waals surface area contributed by atoms with Crippen LogP contribution in [0.15, 0.2) is 60.7 Å². The second kappa shape index (κ2) is 9.76. The molecular weight excluding hydrogens is 387 g/mol. The lowest BCUT2D eigenvalue weighted by atomic mass is 9.94. The Labute approximate surface area is 154 Å². The highest BCUT2D eigenvalue weighted by Gasteiger charge is 2.32. The standard InChI is InChI=1S/C17H12F3NO5S/c18-11-27(24)21(26-25-20)17(23)15(13-9-5-2-6-10-13)14(16(19)22)12-7-3-1-4-8-12/h1-10H,11H2. The summed E-state index contributed by atoms with van der Waals surface area (Å²) in [4.78, 5) is 28.3. The zero-order valence-electron chi connectivity index (χ0n) is 13.5. The Balaban J connectivity index is 2.76. The van der Waals surface area contributed by atoms with Crippen molar-refractivity contribution in [1.29, 1.82) is 0 Å². The van der Waals surface area contributed by atoms with E-state index in [1.54, 1.807) is 12.1 Å². The summed E-state index contributed by atoms with van der Waals surface area (Å²) in [7, 11) is -2.81. The lowest BCUT2D eigenvalue weighted by Gasteiger charge is -2.18. The van der Waals surface area contributed by atoms with Crippen molar-refractivity contribution in [3.8, 4) is 0 Å². The molecule has 2 aromatic carbocycles. The Morgan fingerprint density at radius 3 is 1.81 bits per heavy atom. The molecule has 0 radical (unpaired) electrons. The van der Waals surface area contributed by atoms with Crippen molar-refractivity contribution in [1.82, 2.24) is 4.47 Å². The van der Waals surface area contributed by atoms with Gasteiger partial charge in [0.1, 0.15) is 0 Å². The van der Waals surface area contributed by atoms with E-state index >= 15 is 0 Å². The van der Waals surface area contributed by atoms with Crippen LogP contribution in [0.25, 0.3) is 11.1 Å². The van der Waals surface area contributed by atoms with Gasteiger partial charge in [0.25, 0.3) is 5.91 Å². The van der Waals surface area contributed by atoms with E-state index in [1.165, 1.54) is 48.5 Å². The molecule has 1 amide bonds. The van der Waals surface area contributed by atoms with Crippen LogP contribution in [0.2, 0.25) is 0 Å². The molecule has 0 aliphatic rings.